The van der Waals surface area contributed by atoms with Crippen LogP contribution in [0.4, 0.5) is 0 Å². The molecule has 0 amide bonds. The topological polar surface area (TPSA) is 32.5 Å². The predicted molar refractivity (Wildman–Crippen MR) is 91.3 cm³/mol. The summed E-state index contributed by atoms with van der Waals surface area (Å²) in [6.45, 7) is 13.2. The molecule has 0 spiro atoms. The highest BCUT2D eigenvalue weighted by atomic mass is 15.2. The molecule has 5 atom stereocenters. The van der Waals surface area contributed by atoms with Crippen molar-refractivity contribution in [2.45, 2.75) is 59.0 Å². The molecule has 1 aliphatic heterocycles. The maximum atomic E-state index is 6.45. The van der Waals surface area contributed by atoms with Gasteiger partial charge in [-0.3, -0.25) is 0 Å². The molecular weight excluding hydrogens is 258 g/mol. The molecule has 1 aliphatic carbocycles. The van der Waals surface area contributed by atoms with E-state index < -0.39 is 0 Å². The Hall–Kier alpha value is -0.120. The molecule has 1 saturated heterocycles. The van der Waals surface area contributed by atoms with Gasteiger partial charge < -0.3 is 15.5 Å². The molecule has 2 fully saturated rings. The van der Waals surface area contributed by atoms with Gasteiger partial charge in [0.25, 0.3) is 0 Å². The summed E-state index contributed by atoms with van der Waals surface area (Å²) in [7, 11) is 4.43. The lowest BCUT2D eigenvalue weighted by Crippen LogP contribution is -2.45. The highest BCUT2D eigenvalue weighted by molar-refractivity contribution is 4.92. The Morgan fingerprint density at radius 3 is 2.33 bits per heavy atom. The van der Waals surface area contributed by atoms with Crippen LogP contribution >= 0.6 is 0 Å². The second kappa shape index (κ2) is 6.55. The van der Waals surface area contributed by atoms with E-state index in [9.17, 15) is 0 Å². The molecule has 3 nitrogen and oxygen atoms in total. The zero-order chi connectivity index (χ0) is 15.8. The average Bonchev–Trinajstić information content (AvgIpc) is 2.72. The Balaban J connectivity index is 1.92. The van der Waals surface area contributed by atoms with Crippen molar-refractivity contribution in [3.63, 3.8) is 0 Å². The van der Waals surface area contributed by atoms with Gasteiger partial charge in [-0.25, -0.2) is 0 Å². The second-order valence-corrected chi connectivity index (χ2v) is 9.03. The Labute approximate surface area is 132 Å². The first-order chi connectivity index (χ1) is 9.68. The van der Waals surface area contributed by atoms with E-state index in [1.165, 1.54) is 38.9 Å². The van der Waals surface area contributed by atoms with E-state index in [1.54, 1.807) is 0 Å². The van der Waals surface area contributed by atoms with E-state index in [1.807, 2.05) is 0 Å². The van der Waals surface area contributed by atoms with Crippen LogP contribution in [0.2, 0.25) is 0 Å². The van der Waals surface area contributed by atoms with E-state index in [4.69, 9.17) is 5.73 Å². The summed E-state index contributed by atoms with van der Waals surface area (Å²) in [6.07, 6.45) is 3.85. The number of rotatable bonds is 3. The predicted octanol–water partition coefficient (Wildman–Crippen LogP) is 2.66. The summed E-state index contributed by atoms with van der Waals surface area (Å²) in [5.41, 5.74) is 6.89. The molecule has 2 N–H and O–H groups in total. The van der Waals surface area contributed by atoms with Crippen LogP contribution in [0.25, 0.3) is 0 Å². The van der Waals surface area contributed by atoms with Crippen molar-refractivity contribution in [2.75, 3.05) is 33.7 Å². The zero-order valence-corrected chi connectivity index (χ0v) is 15.1. The van der Waals surface area contributed by atoms with Gasteiger partial charge in [0, 0.05) is 31.7 Å². The number of hydrogen-bond acceptors (Lipinski definition) is 3. The van der Waals surface area contributed by atoms with Crippen LogP contribution in [0.5, 0.6) is 0 Å². The van der Waals surface area contributed by atoms with Gasteiger partial charge in [-0.2, -0.15) is 0 Å². The van der Waals surface area contributed by atoms with Crippen molar-refractivity contribution < 1.29 is 0 Å². The summed E-state index contributed by atoms with van der Waals surface area (Å²) in [5.74, 6) is 2.31. The summed E-state index contributed by atoms with van der Waals surface area (Å²) >= 11 is 0. The van der Waals surface area contributed by atoms with Gasteiger partial charge in [0.15, 0.2) is 0 Å². The minimum Gasteiger partial charge on any atom is -0.327 e. The monoisotopic (exact) mass is 295 g/mol. The van der Waals surface area contributed by atoms with E-state index in [0.29, 0.717) is 23.4 Å². The summed E-state index contributed by atoms with van der Waals surface area (Å²) < 4.78 is 0. The molecule has 124 valence electrons. The fourth-order valence-electron chi connectivity index (χ4n) is 4.48. The molecule has 2 rings (SSSR count). The van der Waals surface area contributed by atoms with Gasteiger partial charge in [0.1, 0.15) is 0 Å². The van der Waals surface area contributed by atoms with Gasteiger partial charge in [-0.1, -0.05) is 27.7 Å². The van der Waals surface area contributed by atoms with Crippen LogP contribution < -0.4 is 5.73 Å². The lowest BCUT2D eigenvalue weighted by molar-refractivity contribution is 0.103. The van der Waals surface area contributed by atoms with Gasteiger partial charge in [-0.05, 0) is 56.5 Å². The standard InChI is InChI=1S/C18H37N3/c1-13-10-21(12-17(13)20(5)6)11-14-9-15(18(2,3)4)7-8-16(14)19/h13-17H,7-12,19H2,1-6H3. The maximum absolute atomic E-state index is 6.45. The summed E-state index contributed by atoms with van der Waals surface area (Å²) in [4.78, 5) is 5.06. The van der Waals surface area contributed by atoms with Crippen LogP contribution in [0.15, 0.2) is 0 Å². The van der Waals surface area contributed by atoms with Crippen LogP contribution in [0, 0.1) is 23.2 Å². The Bertz CT molecular complexity index is 334. The lowest BCUT2D eigenvalue weighted by atomic mass is 9.67. The van der Waals surface area contributed by atoms with E-state index >= 15 is 0 Å². The number of likely N-dealkylation sites (N-methyl/N-ethyl adjacent to an activating group) is 1. The molecule has 0 radical (unpaired) electrons. The van der Waals surface area contributed by atoms with Crippen molar-refractivity contribution in [2.24, 2.45) is 28.9 Å². The van der Waals surface area contributed by atoms with Crippen molar-refractivity contribution >= 4 is 0 Å². The van der Waals surface area contributed by atoms with Gasteiger partial charge in [-0.15, -0.1) is 0 Å². The molecule has 1 heterocycles. The summed E-state index contributed by atoms with van der Waals surface area (Å²) in [5, 5.41) is 0. The fraction of sp³-hybridized carbons (Fsp3) is 1.00. The normalized spacial score (nSPS) is 39.1. The van der Waals surface area contributed by atoms with Crippen molar-refractivity contribution in [1.29, 1.82) is 0 Å². The van der Waals surface area contributed by atoms with Crippen molar-refractivity contribution in [3.05, 3.63) is 0 Å². The number of likely N-dealkylation sites (tertiary alicyclic amines) is 1. The van der Waals surface area contributed by atoms with Crippen LogP contribution in [-0.2, 0) is 0 Å². The second-order valence-electron chi connectivity index (χ2n) is 9.03. The summed E-state index contributed by atoms with van der Waals surface area (Å²) in [6, 6.07) is 1.13. The zero-order valence-electron chi connectivity index (χ0n) is 15.1. The molecule has 0 aromatic carbocycles. The minimum atomic E-state index is 0.414. The molecule has 1 saturated carbocycles. The Morgan fingerprint density at radius 1 is 1.14 bits per heavy atom. The average molecular weight is 296 g/mol. The van der Waals surface area contributed by atoms with E-state index in [-0.39, 0.29) is 0 Å². The third kappa shape index (κ3) is 4.20. The lowest BCUT2D eigenvalue weighted by Gasteiger charge is -2.42. The molecular formula is C18H37N3. The number of hydrogen-bond donors (Lipinski definition) is 1. The fourth-order valence-corrected chi connectivity index (χ4v) is 4.48. The molecule has 5 unspecified atom stereocenters. The third-order valence-electron chi connectivity index (χ3n) is 6.07. The molecule has 0 aromatic heterocycles. The molecule has 3 heteroatoms. The van der Waals surface area contributed by atoms with Gasteiger partial charge >= 0.3 is 0 Å². The van der Waals surface area contributed by atoms with Crippen LogP contribution in [0.3, 0.4) is 0 Å². The number of nitrogens with two attached hydrogens (primary N) is 1. The van der Waals surface area contributed by atoms with E-state index in [2.05, 4.69) is 51.6 Å². The Kier molecular flexibility index (Phi) is 5.38. The van der Waals surface area contributed by atoms with Crippen LogP contribution in [0.1, 0.15) is 47.0 Å². The smallest absolute Gasteiger partial charge is 0.0254 e. The van der Waals surface area contributed by atoms with Gasteiger partial charge in [0.2, 0.25) is 0 Å². The third-order valence-corrected chi connectivity index (χ3v) is 6.07. The molecule has 0 aromatic rings. The first kappa shape index (κ1) is 17.2. The number of nitrogens with zero attached hydrogens (tertiary/aromatic N) is 2. The first-order valence-corrected chi connectivity index (χ1v) is 8.83. The highest BCUT2D eigenvalue weighted by Crippen LogP contribution is 2.40. The SMILES string of the molecule is CC1CN(CC2CC(C(C)(C)C)CCC2N)CC1N(C)C. The van der Waals surface area contributed by atoms with Gasteiger partial charge in [0.05, 0.1) is 0 Å². The van der Waals surface area contributed by atoms with Crippen LogP contribution in [-0.4, -0.2) is 55.6 Å². The minimum absolute atomic E-state index is 0.414. The van der Waals surface area contributed by atoms with E-state index in [0.717, 1.165) is 11.8 Å². The first-order valence-electron chi connectivity index (χ1n) is 8.83. The van der Waals surface area contributed by atoms with Crippen molar-refractivity contribution in [1.82, 2.24) is 9.80 Å². The quantitative estimate of drug-likeness (QED) is 0.869. The molecule has 0 bridgehead atoms. The Morgan fingerprint density at radius 2 is 1.81 bits per heavy atom. The maximum Gasteiger partial charge on any atom is 0.0254 e. The van der Waals surface area contributed by atoms with Crippen molar-refractivity contribution in [3.8, 4) is 0 Å². The molecule has 2 aliphatic rings. The largest absolute Gasteiger partial charge is 0.327 e. The highest BCUT2D eigenvalue weighted by Gasteiger charge is 2.37. The molecule has 21 heavy (non-hydrogen) atoms.